The van der Waals surface area contributed by atoms with Gasteiger partial charge in [-0.2, -0.15) is 0 Å². The zero-order valence-electron chi connectivity index (χ0n) is 16.5. The molecule has 0 saturated heterocycles. The summed E-state index contributed by atoms with van der Waals surface area (Å²) in [5, 5.41) is 12.7. The third-order valence-corrected chi connectivity index (χ3v) is 5.53. The number of carbonyl (C=O) groups is 2. The molecule has 2 aromatic rings. The molecular weight excluding hydrogens is 352 g/mol. The highest BCUT2D eigenvalue weighted by Crippen LogP contribution is 2.28. The van der Waals surface area contributed by atoms with Crippen LogP contribution in [0.25, 0.3) is 0 Å². The Kier molecular flexibility index (Phi) is 6.47. The van der Waals surface area contributed by atoms with Crippen molar-refractivity contribution < 1.29 is 14.7 Å². The minimum absolute atomic E-state index is 0.00864. The lowest BCUT2D eigenvalue weighted by atomic mass is 9.96. The van der Waals surface area contributed by atoms with Crippen molar-refractivity contribution in [1.29, 1.82) is 0 Å². The number of fused-ring (bicyclic) bond motifs is 1. The van der Waals surface area contributed by atoms with Crippen LogP contribution in [0.4, 0.5) is 0 Å². The van der Waals surface area contributed by atoms with Gasteiger partial charge in [0.25, 0.3) is 5.91 Å². The fraction of sp³-hybridized carbons (Fsp3) is 0.391. The third kappa shape index (κ3) is 4.25. The summed E-state index contributed by atoms with van der Waals surface area (Å²) in [5.41, 5.74) is 2.68. The number of amides is 2. The maximum Gasteiger partial charge on any atom is 0.255 e. The molecule has 5 nitrogen and oxygen atoms in total. The van der Waals surface area contributed by atoms with Crippen LogP contribution >= 0.6 is 0 Å². The Morgan fingerprint density at radius 2 is 1.82 bits per heavy atom. The summed E-state index contributed by atoms with van der Waals surface area (Å²) in [6.07, 6.45) is 1.32. The van der Waals surface area contributed by atoms with Crippen LogP contribution in [0.2, 0.25) is 0 Å². The third-order valence-electron chi connectivity index (χ3n) is 5.53. The molecule has 3 rings (SSSR count). The highest BCUT2D eigenvalue weighted by Gasteiger charge is 2.39. The maximum absolute atomic E-state index is 13.2. The molecule has 0 aliphatic carbocycles. The molecule has 1 heterocycles. The number of carbonyl (C=O) groups excluding carboxylic acids is 2. The van der Waals surface area contributed by atoms with Gasteiger partial charge >= 0.3 is 0 Å². The van der Waals surface area contributed by atoms with Gasteiger partial charge in [0.2, 0.25) is 5.91 Å². The van der Waals surface area contributed by atoms with Crippen LogP contribution in [0.1, 0.15) is 41.8 Å². The molecule has 2 N–H and O–H groups in total. The summed E-state index contributed by atoms with van der Waals surface area (Å²) in [6.45, 7) is 4.31. The second kappa shape index (κ2) is 9.02. The Balaban J connectivity index is 1.76. The van der Waals surface area contributed by atoms with E-state index in [9.17, 15) is 14.7 Å². The lowest BCUT2D eigenvalue weighted by Crippen LogP contribution is -2.53. The predicted molar refractivity (Wildman–Crippen MR) is 109 cm³/mol. The number of nitrogens with one attached hydrogen (secondary N) is 1. The van der Waals surface area contributed by atoms with E-state index in [1.807, 2.05) is 68.4 Å². The number of rotatable bonds is 8. The highest BCUT2D eigenvalue weighted by atomic mass is 16.3. The number of benzene rings is 2. The van der Waals surface area contributed by atoms with E-state index >= 15 is 0 Å². The second-order valence-corrected chi connectivity index (χ2v) is 7.50. The average Bonchev–Trinajstić information content (AvgIpc) is 3.04. The van der Waals surface area contributed by atoms with Crippen molar-refractivity contribution >= 4 is 11.8 Å². The van der Waals surface area contributed by atoms with Gasteiger partial charge in [-0.05, 0) is 29.5 Å². The molecule has 0 unspecified atom stereocenters. The van der Waals surface area contributed by atoms with Crippen LogP contribution in [-0.4, -0.2) is 40.5 Å². The van der Waals surface area contributed by atoms with Gasteiger partial charge in [-0.15, -0.1) is 0 Å². The monoisotopic (exact) mass is 380 g/mol. The van der Waals surface area contributed by atoms with Gasteiger partial charge in [-0.1, -0.05) is 68.8 Å². The van der Waals surface area contributed by atoms with Crippen LogP contribution < -0.4 is 5.32 Å². The van der Waals surface area contributed by atoms with Gasteiger partial charge in [0.1, 0.15) is 6.04 Å². The number of hydrogen-bond donors (Lipinski definition) is 2. The summed E-state index contributed by atoms with van der Waals surface area (Å²) in [7, 11) is 0. The summed E-state index contributed by atoms with van der Waals surface area (Å²) in [6, 6.07) is 16.3. The molecule has 1 aliphatic rings. The van der Waals surface area contributed by atoms with Gasteiger partial charge in [-0.25, -0.2) is 0 Å². The molecule has 148 valence electrons. The van der Waals surface area contributed by atoms with E-state index in [0.29, 0.717) is 18.5 Å². The largest absolute Gasteiger partial charge is 0.394 e. The Morgan fingerprint density at radius 3 is 2.46 bits per heavy atom. The minimum Gasteiger partial charge on any atom is -0.394 e. The fourth-order valence-electron chi connectivity index (χ4n) is 3.78. The molecule has 0 radical (unpaired) electrons. The van der Waals surface area contributed by atoms with Crippen molar-refractivity contribution in [3.05, 3.63) is 71.3 Å². The van der Waals surface area contributed by atoms with E-state index in [0.717, 1.165) is 17.5 Å². The average molecular weight is 380 g/mol. The quantitative estimate of drug-likeness (QED) is 0.740. The van der Waals surface area contributed by atoms with Crippen LogP contribution in [0, 0.1) is 5.92 Å². The molecule has 0 spiro atoms. The van der Waals surface area contributed by atoms with Gasteiger partial charge < -0.3 is 15.3 Å². The first-order chi connectivity index (χ1) is 13.5. The van der Waals surface area contributed by atoms with Crippen molar-refractivity contribution in [3.8, 4) is 0 Å². The van der Waals surface area contributed by atoms with Crippen LogP contribution in [-0.2, 0) is 17.8 Å². The van der Waals surface area contributed by atoms with E-state index in [4.69, 9.17) is 0 Å². The summed E-state index contributed by atoms with van der Waals surface area (Å²) >= 11 is 0. The Morgan fingerprint density at radius 1 is 1.14 bits per heavy atom. The molecule has 28 heavy (non-hydrogen) atoms. The second-order valence-electron chi connectivity index (χ2n) is 7.50. The Bertz CT molecular complexity index is 822. The van der Waals surface area contributed by atoms with Crippen molar-refractivity contribution in [1.82, 2.24) is 10.2 Å². The number of nitrogens with zero attached hydrogens (tertiary/aromatic N) is 1. The normalized spacial score (nSPS) is 16.4. The van der Waals surface area contributed by atoms with Crippen molar-refractivity contribution in [3.63, 3.8) is 0 Å². The molecule has 3 atom stereocenters. The van der Waals surface area contributed by atoms with Crippen LogP contribution in [0.5, 0.6) is 0 Å². The first-order valence-electron chi connectivity index (χ1n) is 9.89. The Hall–Kier alpha value is -2.66. The van der Waals surface area contributed by atoms with Gasteiger partial charge in [0.15, 0.2) is 0 Å². The SMILES string of the molecule is CC[C@H](C)[C@@H](C(=O)N[C@H](CO)Cc1ccccc1)N1Cc2ccccc2C1=O. The molecule has 1 aliphatic heterocycles. The zero-order chi connectivity index (χ0) is 20.1. The number of aliphatic hydroxyl groups is 1. The van der Waals surface area contributed by atoms with Crippen molar-refractivity contribution in [2.45, 2.75) is 45.3 Å². The summed E-state index contributed by atoms with van der Waals surface area (Å²) in [5.74, 6) is -0.292. The fourth-order valence-corrected chi connectivity index (χ4v) is 3.78. The van der Waals surface area contributed by atoms with Gasteiger partial charge in [-0.3, -0.25) is 9.59 Å². The zero-order valence-corrected chi connectivity index (χ0v) is 16.5. The molecule has 2 aromatic carbocycles. The number of hydrogen-bond acceptors (Lipinski definition) is 3. The topological polar surface area (TPSA) is 69.6 Å². The number of aliphatic hydroxyl groups excluding tert-OH is 1. The Labute approximate surface area is 166 Å². The molecule has 0 aromatic heterocycles. The van der Waals surface area contributed by atoms with E-state index in [-0.39, 0.29) is 30.4 Å². The standard InChI is InChI=1S/C23H28N2O3/c1-3-16(2)21(25-14-18-11-7-8-12-20(18)23(25)28)22(27)24-19(15-26)13-17-9-5-4-6-10-17/h4-12,16,19,21,26H,3,13-15H2,1-2H3,(H,24,27)/t16-,19-,21-/m0/s1. The van der Waals surface area contributed by atoms with Crippen molar-refractivity contribution in [2.24, 2.45) is 5.92 Å². The molecular formula is C23H28N2O3. The van der Waals surface area contributed by atoms with Crippen molar-refractivity contribution in [2.75, 3.05) is 6.61 Å². The first-order valence-corrected chi connectivity index (χ1v) is 9.89. The minimum atomic E-state index is -0.560. The smallest absolute Gasteiger partial charge is 0.255 e. The van der Waals surface area contributed by atoms with E-state index in [1.54, 1.807) is 4.90 Å². The van der Waals surface area contributed by atoms with Gasteiger partial charge in [0, 0.05) is 12.1 Å². The molecule has 5 heteroatoms. The van der Waals surface area contributed by atoms with Crippen LogP contribution in [0.3, 0.4) is 0 Å². The molecule has 2 amide bonds. The molecule has 0 saturated carbocycles. The van der Waals surface area contributed by atoms with E-state index in [2.05, 4.69) is 5.32 Å². The predicted octanol–water partition coefficient (Wildman–Crippen LogP) is 2.78. The first kappa shape index (κ1) is 20.1. The maximum atomic E-state index is 13.2. The summed E-state index contributed by atoms with van der Waals surface area (Å²) in [4.78, 5) is 27.7. The van der Waals surface area contributed by atoms with E-state index < -0.39 is 6.04 Å². The lowest BCUT2D eigenvalue weighted by molar-refractivity contribution is -0.128. The van der Waals surface area contributed by atoms with E-state index in [1.165, 1.54) is 0 Å². The molecule has 0 fully saturated rings. The van der Waals surface area contributed by atoms with Crippen LogP contribution in [0.15, 0.2) is 54.6 Å². The summed E-state index contributed by atoms with van der Waals surface area (Å²) < 4.78 is 0. The highest BCUT2D eigenvalue weighted by molar-refractivity contribution is 6.01. The lowest BCUT2D eigenvalue weighted by Gasteiger charge is -2.32. The van der Waals surface area contributed by atoms with Gasteiger partial charge in [0.05, 0.1) is 12.6 Å². The molecule has 0 bridgehead atoms.